The first kappa shape index (κ1) is 12.3. The number of nitriles is 1. The first-order valence-corrected chi connectivity index (χ1v) is 7.09. The molecule has 0 heterocycles. The summed E-state index contributed by atoms with van der Waals surface area (Å²) in [5.41, 5.74) is 2.97. The second kappa shape index (κ2) is 5.07. The van der Waals surface area contributed by atoms with Gasteiger partial charge < -0.3 is 5.32 Å². The molecule has 2 aromatic carbocycles. The van der Waals surface area contributed by atoms with Gasteiger partial charge in [-0.1, -0.05) is 36.4 Å². The standard InChI is InChI=1S/C16H13BrN2/c17-14-7-4-8-15(13(14)10-18)19-16-9-12(16)11-5-2-1-3-6-11/h1-8,12,16,19H,9H2. The minimum Gasteiger partial charge on any atom is -0.381 e. The average Bonchev–Trinajstić information content (AvgIpc) is 3.19. The van der Waals surface area contributed by atoms with E-state index >= 15 is 0 Å². The fourth-order valence-corrected chi connectivity index (χ4v) is 2.84. The highest BCUT2D eigenvalue weighted by atomic mass is 79.9. The minimum absolute atomic E-state index is 0.434. The molecule has 1 fully saturated rings. The van der Waals surface area contributed by atoms with Gasteiger partial charge in [0, 0.05) is 16.4 Å². The summed E-state index contributed by atoms with van der Waals surface area (Å²) in [6, 6.07) is 19.0. The van der Waals surface area contributed by atoms with Crippen molar-refractivity contribution in [3.05, 3.63) is 64.1 Å². The van der Waals surface area contributed by atoms with E-state index in [1.165, 1.54) is 5.56 Å². The largest absolute Gasteiger partial charge is 0.381 e. The molecule has 0 bridgehead atoms. The molecule has 0 amide bonds. The summed E-state index contributed by atoms with van der Waals surface area (Å²) in [5, 5.41) is 12.7. The average molecular weight is 313 g/mol. The quantitative estimate of drug-likeness (QED) is 0.917. The van der Waals surface area contributed by atoms with Gasteiger partial charge in [-0.3, -0.25) is 0 Å². The van der Waals surface area contributed by atoms with Gasteiger partial charge >= 0.3 is 0 Å². The SMILES string of the molecule is N#Cc1c(Br)cccc1NC1CC1c1ccccc1. The molecule has 0 saturated heterocycles. The summed E-state index contributed by atoms with van der Waals surface area (Å²) in [7, 11) is 0. The molecule has 1 N–H and O–H groups in total. The van der Waals surface area contributed by atoms with E-state index in [2.05, 4.69) is 51.6 Å². The Kier molecular flexibility index (Phi) is 3.27. The lowest BCUT2D eigenvalue weighted by atomic mass is 10.1. The second-order valence-electron chi connectivity index (χ2n) is 4.78. The maximum absolute atomic E-state index is 9.20. The molecule has 2 atom stereocenters. The van der Waals surface area contributed by atoms with Gasteiger partial charge in [0.25, 0.3) is 0 Å². The van der Waals surface area contributed by atoms with Crippen LogP contribution in [0.4, 0.5) is 5.69 Å². The van der Waals surface area contributed by atoms with Crippen molar-refractivity contribution in [3.63, 3.8) is 0 Å². The van der Waals surface area contributed by atoms with E-state index in [1.807, 2.05) is 24.3 Å². The minimum atomic E-state index is 0.434. The van der Waals surface area contributed by atoms with Crippen LogP contribution < -0.4 is 5.32 Å². The van der Waals surface area contributed by atoms with E-state index in [0.29, 0.717) is 17.5 Å². The van der Waals surface area contributed by atoms with Crippen LogP contribution in [0.3, 0.4) is 0 Å². The van der Waals surface area contributed by atoms with Crippen molar-refractivity contribution in [2.24, 2.45) is 0 Å². The Labute approximate surface area is 121 Å². The van der Waals surface area contributed by atoms with Crippen molar-refractivity contribution < 1.29 is 0 Å². The zero-order valence-electron chi connectivity index (χ0n) is 10.3. The van der Waals surface area contributed by atoms with Crippen LogP contribution in [-0.2, 0) is 0 Å². The van der Waals surface area contributed by atoms with Crippen molar-refractivity contribution in [2.45, 2.75) is 18.4 Å². The van der Waals surface area contributed by atoms with Crippen LogP contribution in [-0.4, -0.2) is 6.04 Å². The van der Waals surface area contributed by atoms with Crippen molar-refractivity contribution in [3.8, 4) is 6.07 Å². The predicted octanol–water partition coefficient (Wildman–Crippen LogP) is 4.29. The number of hydrogen-bond donors (Lipinski definition) is 1. The van der Waals surface area contributed by atoms with Crippen LogP contribution in [0.2, 0.25) is 0 Å². The van der Waals surface area contributed by atoms with Gasteiger partial charge in [-0.2, -0.15) is 5.26 Å². The van der Waals surface area contributed by atoms with E-state index in [-0.39, 0.29) is 0 Å². The van der Waals surface area contributed by atoms with Gasteiger partial charge in [0.2, 0.25) is 0 Å². The molecule has 94 valence electrons. The second-order valence-corrected chi connectivity index (χ2v) is 5.63. The highest BCUT2D eigenvalue weighted by molar-refractivity contribution is 9.10. The third-order valence-electron chi connectivity index (χ3n) is 3.48. The van der Waals surface area contributed by atoms with Crippen LogP contribution >= 0.6 is 15.9 Å². The third kappa shape index (κ3) is 2.50. The maximum Gasteiger partial charge on any atom is 0.103 e. The van der Waals surface area contributed by atoms with Gasteiger partial charge in [0.1, 0.15) is 6.07 Å². The van der Waals surface area contributed by atoms with Gasteiger partial charge in [-0.05, 0) is 40.0 Å². The van der Waals surface area contributed by atoms with Gasteiger partial charge in [0.15, 0.2) is 0 Å². The lowest BCUT2D eigenvalue weighted by molar-refractivity contribution is 1.04. The summed E-state index contributed by atoms with van der Waals surface area (Å²) in [5.74, 6) is 0.562. The molecule has 1 aliphatic rings. The molecule has 0 radical (unpaired) electrons. The Morgan fingerprint density at radius 2 is 1.89 bits per heavy atom. The summed E-state index contributed by atoms with van der Waals surface area (Å²) in [6.07, 6.45) is 1.13. The van der Waals surface area contributed by atoms with Gasteiger partial charge in [-0.15, -0.1) is 0 Å². The molecule has 2 aromatic rings. The number of nitrogens with one attached hydrogen (secondary N) is 1. The lowest BCUT2D eigenvalue weighted by Gasteiger charge is -2.09. The van der Waals surface area contributed by atoms with Crippen molar-refractivity contribution in [1.82, 2.24) is 0 Å². The van der Waals surface area contributed by atoms with E-state index in [4.69, 9.17) is 0 Å². The van der Waals surface area contributed by atoms with Crippen molar-refractivity contribution in [1.29, 1.82) is 5.26 Å². The number of hydrogen-bond acceptors (Lipinski definition) is 2. The Morgan fingerprint density at radius 1 is 1.11 bits per heavy atom. The molecule has 0 aliphatic heterocycles. The number of rotatable bonds is 3. The number of anilines is 1. The predicted molar refractivity (Wildman–Crippen MR) is 80.1 cm³/mol. The molecule has 19 heavy (non-hydrogen) atoms. The first-order valence-electron chi connectivity index (χ1n) is 6.29. The van der Waals surface area contributed by atoms with E-state index in [9.17, 15) is 5.26 Å². The first-order chi connectivity index (χ1) is 9.29. The zero-order chi connectivity index (χ0) is 13.2. The van der Waals surface area contributed by atoms with Gasteiger partial charge in [-0.25, -0.2) is 0 Å². The molecule has 0 aromatic heterocycles. The van der Waals surface area contributed by atoms with E-state index in [1.54, 1.807) is 0 Å². The highest BCUT2D eigenvalue weighted by Crippen LogP contribution is 2.43. The topological polar surface area (TPSA) is 35.8 Å². The molecule has 1 saturated carbocycles. The molecular formula is C16H13BrN2. The fraction of sp³-hybridized carbons (Fsp3) is 0.188. The Morgan fingerprint density at radius 3 is 2.63 bits per heavy atom. The Bertz CT molecular complexity index is 631. The molecule has 3 heteroatoms. The third-order valence-corrected chi connectivity index (χ3v) is 4.15. The van der Waals surface area contributed by atoms with Gasteiger partial charge in [0.05, 0.1) is 11.3 Å². The number of nitrogens with zero attached hydrogens (tertiary/aromatic N) is 1. The smallest absolute Gasteiger partial charge is 0.103 e. The summed E-state index contributed by atoms with van der Waals surface area (Å²) in [6.45, 7) is 0. The Hall–Kier alpha value is -1.79. The van der Waals surface area contributed by atoms with E-state index in [0.717, 1.165) is 16.6 Å². The molecule has 3 rings (SSSR count). The zero-order valence-corrected chi connectivity index (χ0v) is 11.9. The molecule has 2 unspecified atom stereocenters. The maximum atomic E-state index is 9.20. The van der Waals surface area contributed by atoms with Crippen LogP contribution in [0.5, 0.6) is 0 Å². The summed E-state index contributed by atoms with van der Waals surface area (Å²) >= 11 is 3.42. The highest BCUT2D eigenvalue weighted by Gasteiger charge is 2.38. The fourth-order valence-electron chi connectivity index (χ4n) is 2.38. The monoisotopic (exact) mass is 312 g/mol. The number of halogens is 1. The van der Waals surface area contributed by atoms with Crippen LogP contribution in [0.1, 0.15) is 23.5 Å². The van der Waals surface area contributed by atoms with Crippen LogP contribution in [0.15, 0.2) is 53.0 Å². The summed E-state index contributed by atoms with van der Waals surface area (Å²) < 4.78 is 0.844. The normalized spacial score (nSPS) is 20.6. The molecular weight excluding hydrogens is 300 g/mol. The van der Waals surface area contributed by atoms with Crippen molar-refractivity contribution in [2.75, 3.05) is 5.32 Å². The molecule has 2 nitrogen and oxygen atoms in total. The molecule has 0 spiro atoms. The van der Waals surface area contributed by atoms with Crippen LogP contribution in [0, 0.1) is 11.3 Å². The summed E-state index contributed by atoms with van der Waals surface area (Å²) in [4.78, 5) is 0. The lowest BCUT2D eigenvalue weighted by Crippen LogP contribution is -2.05. The Balaban J connectivity index is 1.75. The molecule has 1 aliphatic carbocycles. The van der Waals surface area contributed by atoms with E-state index < -0.39 is 0 Å². The van der Waals surface area contributed by atoms with Crippen molar-refractivity contribution >= 4 is 21.6 Å². The number of benzene rings is 2. The van der Waals surface area contributed by atoms with Crippen LogP contribution in [0.25, 0.3) is 0 Å².